The Bertz CT molecular complexity index is 695. The molecule has 2 N–H and O–H groups in total. The van der Waals surface area contributed by atoms with Gasteiger partial charge in [0.15, 0.2) is 0 Å². The Morgan fingerprint density at radius 3 is 2.71 bits per heavy atom. The molecule has 1 aromatic carbocycles. The molecule has 0 saturated carbocycles. The van der Waals surface area contributed by atoms with Crippen molar-refractivity contribution in [3.8, 4) is 5.75 Å². The number of amides is 2. The second-order valence-corrected chi connectivity index (χ2v) is 7.13. The summed E-state index contributed by atoms with van der Waals surface area (Å²) in [6.45, 7) is 5.37. The summed E-state index contributed by atoms with van der Waals surface area (Å²) in [5.74, 6) is 0.286. The normalized spacial score (nSPS) is 14.7. The number of phenolic OH excluding ortho intramolecular Hbond substituents is 1. The molecular formula is C17H22N4O2S. The Hall–Kier alpha value is -2.28. The molecule has 2 aromatic rings. The number of anilines is 1. The molecule has 2 amide bonds. The van der Waals surface area contributed by atoms with E-state index in [0.29, 0.717) is 19.6 Å². The highest BCUT2D eigenvalue weighted by atomic mass is 32.1. The molecule has 0 radical (unpaired) electrons. The minimum Gasteiger partial charge on any atom is -0.506 e. The minimum absolute atomic E-state index is 0.0276. The summed E-state index contributed by atoms with van der Waals surface area (Å²) in [5, 5.41) is 13.9. The largest absolute Gasteiger partial charge is 0.506 e. The number of rotatable bonds is 4. The second-order valence-electron chi connectivity index (χ2n) is 5.81. The zero-order chi connectivity index (χ0) is 16.9. The van der Waals surface area contributed by atoms with Crippen LogP contribution in [0.5, 0.6) is 5.75 Å². The van der Waals surface area contributed by atoms with Gasteiger partial charge in [-0.25, -0.2) is 9.78 Å². The van der Waals surface area contributed by atoms with Crippen LogP contribution in [0.2, 0.25) is 0 Å². The maximum Gasteiger partial charge on any atom is 0.317 e. The average molecular weight is 346 g/mol. The molecule has 0 unspecified atom stereocenters. The van der Waals surface area contributed by atoms with Crippen molar-refractivity contribution in [2.45, 2.75) is 13.3 Å². The van der Waals surface area contributed by atoms with Gasteiger partial charge in [-0.15, -0.1) is 11.3 Å². The van der Waals surface area contributed by atoms with Crippen LogP contribution >= 0.6 is 11.3 Å². The lowest BCUT2D eigenvalue weighted by atomic mass is 10.2. The second kappa shape index (κ2) is 7.53. The zero-order valence-electron chi connectivity index (χ0n) is 13.7. The first-order valence-corrected chi connectivity index (χ1v) is 8.92. The molecule has 0 atom stereocenters. The molecule has 0 bridgehead atoms. The number of para-hydroxylation sites is 2. The molecule has 24 heavy (non-hydrogen) atoms. The molecule has 1 fully saturated rings. The third kappa shape index (κ3) is 3.97. The number of benzene rings is 1. The number of piperazine rings is 1. The molecule has 3 rings (SSSR count). The van der Waals surface area contributed by atoms with Gasteiger partial charge in [0.2, 0.25) is 0 Å². The van der Waals surface area contributed by atoms with Crippen LogP contribution in [0.15, 0.2) is 30.5 Å². The minimum atomic E-state index is -0.0276. The van der Waals surface area contributed by atoms with Crippen molar-refractivity contribution in [2.24, 2.45) is 0 Å². The molecule has 1 aliphatic heterocycles. The lowest BCUT2D eigenvalue weighted by Gasteiger charge is -2.36. The van der Waals surface area contributed by atoms with E-state index < -0.39 is 0 Å². The number of carbonyl (C=O) groups excluding carboxylic acids is 1. The number of carbonyl (C=O) groups is 1. The maximum atomic E-state index is 12.2. The Morgan fingerprint density at radius 2 is 2.04 bits per heavy atom. The van der Waals surface area contributed by atoms with Crippen molar-refractivity contribution in [1.82, 2.24) is 15.2 Å². The van der Waals surface area contributed by atoms with Crippen molar-refractivity contribution in [3.63, 3.8) is 0 Å². The SMILES string of the molecule is Cc1cnc(CCNC(=O)N2CCN(c3ccccc3O)CC2)s1. The lowest BCUT2D eigenvalue weighted by molar-refractivity contribution is 0.194. The Morgan fingerprint density at radius 1 is 1.29 bits per heavy atom. The highest BCUT2D eigenvalue weighted by Crippen LogP contribution is 2.27. The van der Waals surface area contributed by atoms with Crippen LogP contribution in [0.25, 0.3) is 0 Å². The van der Waals surface area contributed by atoms with Crippen LogP contribution in [0, 0.1) is 6.92 Å². The highest BCUT2D eigenvalue weighted by molar-refractivity contribution is 7.11. The molecule has 2 heterocycles. The summed E-state index contributed by atoms with van der Waals surface area (Å²) in [7, 11) is 0. The summed E-state index contributed by atoms with van der Waals surface area (Å²) in [6, 6.07) is 7.29. The van der Waals surface area contributed by atoms with E-state index in [1.807, 2.05) is 36.2 Å². The molecule has 0 spiro atoms. The molecule has 6 nitrogen and oxygen atoms in total. The van der Waals surface area contributed by atoms with Gasteiger partial charge in [0, 0.05) is 50.2 Å². The standard InChI is InChI=1S/C17H22N4O2S/c1-13-12-19-16(24-13)6-7-18-17(23)21-10-8-20(9-11-21)14-4-2-3-5-15(14)22/h2-5,12,22H,6-11H2,1H3,(H,18,23). The van der Waals surface area contributed by atoms with E-state index >= 15 is 0 Å². The number of hydrogen-bond acceptors (Lipinski definition) is 5. The van der Waals surface area contributed by atoms with E-state index in [9.17, 15) is 9.90 Å². The van der Waals surface area contributed by atoms with Gasteiger partial charge < -0.3 is 20.2 Å². The molecule has 0 aliphatic carbocycles. The number of hydrogen-bond donors (Lipinski definition) is 2. The van der Waals surface area contributed by atoms with Crippen LogP contribution in [-0.2, 0) is 6.42 Å². The number of phenols is 1. The van der Waals surface area contributed by atoms with Gasteiger partial charge >= 0.3 is 6.03 Å². The van der Waals surface area contributed by atoms with Crippen LogP contribution in [0.1, 0.15) is 9.88 Å². The van der Waals surface area contributed by atoms with Gasteiger partial charge in [-0.2, -0.15) is 0 Å². The predicted molar refractivity (Wildman–Crippen MR) is 95.8 cm³/mol. The van der Waals surface area contributed by atoms with Crippen LogP contribution in [-0.4, -0.2) is 53.7 Å². The van der Waals surface area contributed by atoms with Crippen molar-refractivity contribution in [3.05, 3.63) is 40.3 Å². The number of aryl methyl sites for hydroxylation is 1. The lowest BCUT2D eigenvalue weighted by Crippen LogP contribution is -2.52. The number of aromatic nitrogens is 1. The first-order valence-electron chi connectivity index (χ1n) is 8.10. The first-order chi connectivity index (χ1) is 11.6. The Kier molecular flexibility index (Phi) is 5.20. The number of urea groups is 1. The fraction of sp³-hybridized carbons (Fsp3) is 0.412. The van der Waals surface area contributed by atoms with Gasteiger partial charge in [-0.1, -0.05) is 12.1 Å². The van der Waals surface area contributed by atoms with Gasteiger partial charge in [0.05, 0.1) is 10.7 Å². The number of thiazole rings is 1. The van der Waals surface area contributed by atoms with Crippen LogP contribution in [0.4, 0.5) is 10.5 Å². The quantitative estimate of drug-likeness (QED) is 0.891. The highest BCUT2D eigenvalue weighted by Gasteiger charge is 2.22. The van der Waals surface area contributed by atoms with E-state index in [1.54, 1.807) is 17.4 Å². The van der Waals surface area contributed by atoms with Gasteiger partial charge in [-0.05, 0) is 19.1 Å². The van der Waals surface area contributed by atoms with E-state index in [2.05, 4.69) is 15.2 Å². The Balaban J connectivity index is 1.44. The Labute approximate surface area is 145 Å². The van der Waals surface area contributed by atoms with E-state index in [4.69, 9.17) is 0 Å². The monoisotopic (exact) mass is 346 g/mol. The third-order valence-electron chi connectivity index (χ3n) is 4.07. The summed E-state index contributed by atoms with van der Waals surface area (Å²) in [4.78, 5) is 21.7. The van der Waals surface area contributed by atoms with Crippen molar-refractivity contribution >= 4 is 23.1 Å². The predicted octanol–water partition coefficient (Wildman–Crippen LogP) is 2.23. The molecular weight excluding hydrogens is 324 g/mol. The average Bonchev–Trinajstić information content (AvgIpc) is 3.01. The van der Waals surface area contributed by atoms with Crippen molar-refractivity contribution in [2.75, 3.05) is 37.6 Å². The molecule has 1 aromatic heterocycles. The number of aromatic hydroxyl groups is 1. The first kappa shape index (κ1) is 16.6. The van der Waals surface area contributed by atoms with E-state index in [0.717, 1.165) is 30.2 Å². The molecule has 128 valence electrons. The maximum absolute atomic E-state index is 12.2. The number of nitrogens with zero attached hydrogens (tertiary/aromatic N) is 3. The third-order valence-corrected chi connectivity index (χ3v) is 5.05. The number of nitrogens with one attached hydrogen (secondary N) is 1. The van der Waals surface area contributed by atoms with E-state index in [1.165, 1.54) is 4.88 Å². The molecule has 1 aliphatic rings. The van der Waals surface area contributed by atoms with Gasteiger partial charge in [0.25, 0.3) is 0 Å². The molecule has 7 heteroatoms. The van der Waals surface area contributed by atoms with Crippen LogP contribution in [0.3, 0.4) is 0 Å². The van der Waals surface area contributed by atoms with Gasteiger partial charge in [-0.3, -0.25) is 0 Å². The zero-order valence-corrected chi connectivity index (χ0v) is 14.6. The van der Waals surface area contributed by atoms with Crippen LogP contribution < -0.4 is 10.2 Å². The van der Waals surface area contributed by atoms with Gasteiger partial charge in [0.1, 0.15) is 5.75 Å². The smallest absolute Gasteiger partial charge is 0.317 e. The topological polar surface area (TPSA) is 68.7 Å². The van der Waals surface area contributed by atoms with Crippen molar-refractivity contribution < 1.29 is 9.90 Å². The molecule has 1 saturated heterocycles. The summed E-state index contributed by atoms with van der Waals surface area (Å²) in [5.41, 5.74) is 0.830. The summed E-state index contributed by atoms with van der Waals surface area (Å²) < 4.78 is 0. The fourth-order valence-corrected chi connectivity index (χ4v) is 3.57. The van der Waals surface area contributed by atoms with Crippen molar-refractivity contribution in [1.29, 1.82) is 0 Å². The summed E-state index contributed by atoms with van der Waals surface area (Å²) in [6.07, 6.45) is 2.63. The van der Waals surface area contributed by atoms with E-state index in [-0.39, 0.29) is 11.8 Å². The summed E-state index contributed by atoms with van der Waals surface area (Å²) >= 11 is 1.67. The fourth-order valence-electron chi connectivity index (χ4n) is 2.79.